The SMILES string of the molecule is CCC(N)Cc1cc(F)cc(OCC#N)c1. The van der Waals surface area contributed by atoms with Crippen LogP contribution in [0.2, 0.25) is 0 Å². The molecule has 4 heteroatoms. The van der Waals surface area contributed by atoms with Crippen LogP contribution in [-0.2, 0) is 6.42 Å². The van der Waals surface area contributed by atoms with E-state index in [0.717, 1.165) is 12.0 Å². The van der Waals surface area contributed by atoms with Gasteiger partial charge in [-0.2, -0.15) is 5.26 Å². The highest BCUT2D eigenvalue weighted by Crippen LogP contribution is 2.17. The maximum atomic E-state index is 13.2. The van der Waals surface area contributed by atoms with Crippen LogP contribution in [0.25, 0.3) is 0 Å². The summed E-state index contributed by atoms with van der Waals surface area (Å²) in [6.45, 7) is 1.90. The average molecular weight is 222 g/mol. The molecule has 3 nitrogen and oxygen atoms in total. The molecule has 0 bridgehead atoms. The third-order valence-electron chi connectivity index (χ3n) is 2.26. The first kappa shape index (κ1) is 12.5. The number of rotatable bonds is 5. The number of hydrogen-bond donors (Lipinski definition) is 1. The van der Waals surface area contributed by atoms with Crippen molar-refractivity contribution in [3.63, 3.8) is 0 Å². The molecule has 1 aromatic rings. The predicted molar refractivity (Wildman–Crippen MR) is 59.5 cm³/mol. The minimum atomic E-state index is -0.367. The van der Waals surface area contributed by atoms with E-state index >= 15 is 0 Å². The van der Waals surface area contributed by atoms with Crippen molar-refractivity contribution < 1.29 is 9.13 Å². The Kier molecular flexibility index (Phi) is 4.74. The van der Waals surface area contributed by atoms with Gasteiger partial charge in [-0.1, -0.05) is 6.92 Å². The molecule has 0 aromatic heterocycles. The highest BCUT2D eigenvalue weighted by molar-refractivity contribution is 5.30. The zero-order chi connectivity index (χ0) is 12.0. The number of nitriles is 1. The molecule has 0 saturated carbocycles. The number of halogens is 1. The Bertz CT molecular complexity index is 387. The number of hydrogen-bond acceptors (Lipinski definition) is 3. The van der Waals surface area contributed by atoms with Gasteiger partial charge in [0.15, 0.2) is 6.61 Å². The topological polar surface area (TPSA) is 59.0 Å². The molecule has 0 spiro atoms. The standard InChI is InChI=1S/C12H15FN2O/c1-2-11(15)6-9-5-10(13)8-12(7-9)16-4-3-14/h5,7-8,11H,2,4,6,15H2,1H3. The largest absolute Gasteiger partial charge is 0.479 e. The van der Waals surface area contributed by atoms with Gasteiger partial charge in [-0.25, -0.2) is 4.39 Å². The molecule has 16 heavy (non-hydrogen) atoms. The van der Waals surface area contributed by atoms with Gasteiger partial charge in [0.1, 0.15) is 17.6 Å². The van der Waals surface area contributed by atoms with Gasteiger partial charge in [-0.3, -0.25) is 0 Å². The average Bonchev–Trinajstić information content (AvgIpc) is 2.25. The Morgan fingerprint density at radius 3 is 2.88 bits per heavy atom. The molecular formula is C12H15FN2O. The quantitative estimate of drug-likeness (QED) is 0.829. The first-order valence-electron chi connectivity index (χ1n) is 5.20. The Balaban J connectivity index is 2.77. The van der Waals surface area contributed by atoms with Gasteiger partial charge in [-0.15, -0.1) is 0 Å². The highest BCUT2D eigenvalue weighted by Gasteiger charge is 2.05. The van der Waals surface area contributed by atoms with E-state index < -0.39 is 0 Å². The molecule has 0 amide bonds. The van der Waals surface area contributed by atoms with Crippen LogP contribution in [-0.4, -0.2) is 12.6 Å². The lowest BCUT2D eigenvalue weighted by atomic mass is 10.0. The molecule has 0 fully saturated rings. The van der Waals surface area contributed by atoms with Crippen molar-refractivity contribution in [3.8, 4) is 11.8 Å². The van der Waals surface area contributed by atoms with Crippen LogP contribution in [0.15, 0.2) is 18.2 Å². The zero-order valence-electron chi connectivity index (χ0n) is 9.24. The fourth-order valence-electron chi connectivity index (χ4n) is 1.38. The summed E-state index contributed by atoms with van der Waals surface area (Å²) in [5.74, 6) is 0.00796. The molecule has 0 radical (unpaired) electrons. The Labute approximate surface area is 94.6 Å². The van der Waals surface area contributed by atoms with Crippen molar-refractivity contribution in [2.75, 3.05) is 6.61 Å². The summed E-state index contributed by atoms with van der Waals surface area (Å²) < 4.78 is 18.3. The second-order valence-corrected chi connectivity index (χ2v) is 3.61. The molecule has 0 aliphatic carbocycles. The van der Waals surface area contributed by atoms with Gasteiger partial charge in [0.2, 0.25) is 0 Å². The van der Waals surface area contributed by atoms with Gasteiger partial charge in [-0.05, 0) is 30.5 Å². The minimum Gasteiger partial charge on any atom is -0.479 e. The van der Waals surface area contributed by atoms with E-state index in [-0.39, 0.29) is 18.5 Å². The number of ether oxygens (including phenoxy) is 1. The van der Waals surface area contributed by atoms with Crippen LogP contribution in [0.4, 0.5) is 4.39 Å². The molecule has 1 rings (SSSR count). The van der Waals surface area contributed by atoms with E-state index in [9.17, 15) is 4.39 Å². The summed E-state index contributed by atoms with van der Waals surface area (Å²) >= 11 is 0. The highest BCUT2D eigenvalue weighted by atomic mass is 19.1. The van der Waals surface area contributed by atoms with Gasteiger partial charge in [0.25, 0.3) is 0 Å². The van der Waals surface area contributed by atoms with Gasteiger partial charge < -0.3 is 10.5 Å². The van der Waals surface area contributed by atoms with E-state index in [4.69, 9.17) is 15.7 Å². The van der Waals surface area contributed by atoms with E-state index in [2.05, 4.69) is 0 Å². The molecule has 0 aliphatic rings. The van der Waals surface area contributed by atoms with E-state index in [1.807, 2.05) is 13.0 Å². The van der Waals surface area contributed by atoms with Crippen molar-refractivity contribution in [3.05, 3.63) is 29.6 Å². The first-order chi connectivity index (χ1) is 7.65. The van der Waals surface area contributed by atoms with Gasteiger partial charge in [0.05, 0.1) is 0 Å². The van der Waals surface area contributed by atoms with Crippen LogP contribution >= 0.6 is 0 Å². The van der Waals surface area contributed by atoms with E-state index in [1.165, 1.54) is 12.1 Å². The number of nitrogens with two attached hydrogens (primary N) is 1. The molecular weight excluding hydrogens is 207 g/mol. The molecule has 0 saturated heterocycles. The minimum absolute atomic E-state index is 0.0191. The number of nitrogens with zero attached hydrogens (tertiary/aromatic N) is 1. The van der Waals surface area contributed by atoms with E-state index in [0.29, 0.717) is 12.2 Å². The van der Waals surface area contributed by atoms with E-state index in [1.54, 1.807) is 6.07 Å². The normalized spacial score (nSPS) is 11.9. The lowest BCUT2D eigenvalue weighted by molar-refractivity contribution is 0.365. The Morgan fingerprint density at radius 2 is 2.25 bits per heavy atom. The molecule has 1 unspecified atom stereocenters. The summed E-state index contributed by atoms with van der Waals surface area (Å²) in [5.41, 5.74) is 6.58. The molecule has 0 aliphatic heterocycles. The van der Waals surface area contributed by atoms with Gasteiger partial charge in [0, 0.05) is 12.1 Å². The van der Waals surface area contributed by atoms with Crippen LogP contribution in [0.1, 0.15) is 18.9 Å². The maximum absolute atomic E-state index is 13.2. The molecule has 86 valence electrons. The van der Waals surface area contributed by atoms with Crippen LogP contribution in [0.3, 0.4) is 0 Å². The molecule has 2 N–H and O–H groups in total. The molecule has 1 atom stereocenters. The summed E-state index contributed by atoms with van der Waals surface area (Å²) in [6.07, 6.45) is 1.45. The van der Waals surface area contributed by atoms with Crippen LogP contribution < -0.4 is 10.5 Å². The summed E-state index contributed by atoms with van der Waals surface area (Å²) in [6, 6.07) is 6.28. The zero-order valence-corrected chi connectivity index (χ0v) is 9.24. The lowest BCUT2D eigenvalue weighted by Crippen LogP contribution is -2.21. The third-order valence-corrected chi connectivity index (χ3v) is 2.26. The Hall–Kier alpha value is -1.60. The van der Waals surface area contributed by atoms with Crippen molar-refractivity contribution in [1.29, 1.82) is 5.26 Å². The summed E-state index contributed by atoms with van der Waals surface area (Å²) in [5, 5.41) is 8.36. The smallest absolute Gasteiger partial charge is 0.174 e. The first-order valence-corrected chi connectivity index (χ1v) is 5.20. The van der Waals surface area contributed by atoms with Gasteiger partial charge >= 0.3 is 0 Å². The fraction of sp³-hybridized carbons (Fsp3) is 0.417. The summed E-state index contributed by atoms with van der Waals surface area (Å²) in [7, 11) is 0. The predicted octanol–water partition coefficient (Wildman–Crippen LogP) is 2.01. The monoisotopic (exact) mass is 222 g/mol. The van der Waals surface area contributed by atoms with Crippen molar-refractivity contribution in [1.82, 2.24) is 0 Å². The second-order valence-electron chi connectivity index (χ2n) is 3.61. The maximum Gasteiger partial charge on any atom is 0.174 e. The fourth-order valence-corrected chi connectivity index (χ4v) is 1.38. The molecule has 0 heterocycles. The van der Waals surface area contributed by atoms with Crippen molar-refractivity contribution in [2.24, 2.45) is 5.73 Å². The van der Waals surface area contributed by atoms with Crippen molar-refractivity contribution in [2.45, 2.75) is 25.8 Å². The van der Waals surface area contributed by atoms with Crippen LogP contribution in [0, 0.1) is 17.1 Å². The molecule has 1 aromatic carbocycles. The Morgan fingerprint density at radius 1 is 1.50 bits per heavy atom. The second kappa shape index (κ2) is 6.09. The summed E-state index contributed by atoms with van der Waals surface area (Å²) in [4.78, 5) is 0. The van der Waals surface area contributed by atoms with Crippen LogP contribution in [0.5, 0.6) is 5.75 Å². The number of benzene rings is 1. The van der Waals surface area contributed by atoms with Crippen molar-refractivity contribution >= 4 is 0 Å². The lowest BCUT2D eigenvalue weighted by Gasteiger charge is -2.10. The third kappa shape index (κ3) is 3.87.